The van der Waals surface area contributed by atoms with Crippen molar-refractivity contribution in [3.8, 4) is 0 Å². The number of aromatic nitrogens is 1. The Kier molecular flexibility index (Phi) is 4.08. The highest BCUT2D eigenvalue weighted by Gasteiger charge is 2.01. The molecule has 2 heteroatoms. The largest absolute Gasteiger partial charge is 0.347 e. The Morgan fingerprint density at radius 3 is 2.60 bits per heavy atom. The molecule has 0 bridgehead atoms. The van der Waals surface area contributed by atoms with Gasteiger partial charge in [-0.05, 0) is 49.1 Å². The van der Waals surface area contributed by atoms with Gasteiger partial charge in [0.25, 0.3) is 0 Å². The standard InChI is InChI=1S/C18H18ClN/c19-17-9-10-18-16(14-17)11-13-20(18)12-5-4-8-15-6-2-1-3-7-15/h1-3,6-7,9-11,13-14H,4-5,8,12H2. The van der Waals surface area contributed by atoms with Gasteiger partial charge in [-0.15, -0.1) is 0 Å². The molecule has 0 atom stereocenters. The summed E-state index contributed by atoms with van der Waals surface area (Å²) < 4.78 is 2.32. The fraction of sp³-hybridized carbons (Fsp3) is 0.222. The van der Waals surface area contributed by atoms with Crippen molar-refractivity contribution in [3.05, 3.63) is 71.4 Å². The Hall–Kier alpha value is -1.73. The van der Waals surface area contributed by atoms with E-state index < -0.39 is 0 Å². The van der Waals surface area contributed by atoms with Crippen LogP contribution in [0.5, 0.6) is 0 Å². The number of fused-ring (bicyclic) bond motifs is 1. The molecule has 3 aromatic rings. The third-order valence-electron chi connectivity index (χ3n) is 3.69. The summed E-state index contributed by atoms with van der Waals surface area (Å²) in [5.74, 6) is 0. The molecule has 0 fully saturated rings. The molecule has 1 aromatic heterocycles. The summed E-state index contributed by atoms with van der Waals surface area (Å²) in [6, 6.07) is 18.9. The lowest BCUT2D eigenvalue weighted by Gasteiger charge is -2.06. The summed E-state index contributed by atoms with van der Waals surface area (Å²) in [5, 5.41) is 2.03. The zero-order valence-corrected chi connectivity index (χ0v) is 12.2. The van der Waals surface area contributed by atoms with Crippen molar-refractivity contribution in [1.29, 1.82) is 0 Å². The van der Waals surface area contributed by atoms with E-state index in [1.165, 1.54) is 29.3 Å². The van der Waals surface area contributed by atoms with Crippen LogP contribution in [0.15, 0.2) is 60.8 Å². The third kappa shape index (κ3) is 3.05. The topological polar surface area (TPSA) is 4.93 Å². The number of halogens is 1. The number of unbranched alkanes of at least 4 members (excludes halogenated alkanes) is 1. The van der Waals surface area contributed by atoms with Crippen LogP contribution in [0.1, 0.15) is 18.4 Å². The fourth-order valence-electron chi connectivity index (χ4n) is 2.62. The number of rotatable bonds is 5. The van der Waals surface area contributed by atoms with E-state index in [1.54, 1.807) is 0 Å². The van der Waals surface area contributed by atoms with Crippen molar-refractivity contribution in [3.63, 3.8) is 0 Å². The van der Waals surface area contributed by atoms with Crippen LogP contribution in [0.25, 0.3) is 10.9 Å². The monoisotopic (exact) mass is 283 g/mol. The average Bonchev–Trinajstić information content (AvgIpc) is 2.87. The fourth-order valence-corrected chi connectivity index (χ4v) is 2.80. The van der Waals surface area contributed by atoms with Crippen molar-refractivity contribution in [2.24, 2.45) is 0 Å². The van der Waals surface area contributed by atoms with E-state index in [4.69, 9.17) is 11.6 Å². The molecule has 20 heavy (non-hydrogen) atoms. The van der Waals surface area contributed by atoms with Gasteiger partial charge in [-0.25, -0.2) is 0 Å². The molecule has 0 aliphatic carbocycles. The molecule has 0 N–H and O–H groups in total. The van der Waals surface area contributed by atoms with Gasteiger partial charge in [0.05, 0.1) is 0 Å². The Bertz CT molecular complexity index is 685. The van der Waals surface area contributed by atoms with Crippen LogP contribution in [-0.4, -0.2) is 4.57 Å². The van der Waals surface area contributed by atoms with Crippen molar-refractivity contribution in [2.75, 3.05) is 0 Å². The van der Waals surface area contributed by atoms with Gasteiger partial charge in [-0.2, -0.15) is 0 Å². The normalized spacial score (nSPS) is 11.1. The summed E-state index contributed by atoms with van der Waals surface area (Å²) in [4.78, 5) is 0. The van der Waals surface area contributed by atoms with Gasteiger partial charge < -0.3 is 4.57 Å². The second-order valence-electron chi connectivity index (χ2n) is 5.15. The Labute approximate surface area is 124 Å². The summed E-state index contributed by atoms with van der Waals surface area (Å²) in [5.41, 5.74) is 2.70. The van der Waals surface area contributed by atoms with E-state index in [0.717, 1.165) is 18.0 Å². The predicted molar refractivity (Wildman–Crippen MR) is 86.3 cm³/mol. The quantitative estimate of drug-likeness (QED) is 0.559. The number of nitrogens with zero attached hydrogens (tertiary/aromatic N) is 1. The third-order valence-corrected chi connectivity index (χ3v) is 3.93. The lowest BCUT2D eigenvalue weighted by atomic mass is 10.1. The molecule has 0 saturated heterocycles. The summed E-state index contributed by atoms with van der Waals surface area (Å²) in [6.45, 7) is 1.07. The van der Waals surface area contributed by atoms with E-state index in [2.05, 4.69) is 53.2 Å². The van der Waals surface area contributed by atoms with E-state index in [-0.39, 0.29) is 0 Å². The van der Waals surface area contributed by atoms with Crippen LogP contribution in [0.3, 0.4) is 0 Å². The Morgan fingerprint density at radius 1 is 0.900 bits per heavy atom. The highest BCUT2D eigenvalue weighted by Crippen LogP contribution is 2.21. The predicted octanol–water partition coefficient (Wildman–Crippen LogP) is 5.32. The molecule has 2 aromatic carbocycles. The van der Waals surface area contributed by atoms with Crippen LogP contribution in [0.4, 0.5) is 0 Å². The maximum Gasteiger partial charge on any atom is 0.0481 e. The van der Waals surface area contributed by atoms with Crippen molar-refractivity contribution in [1.82, 2.24) is 4.57 Å². The second-order valence-corrected chi connectivity index (χ2v) is 5.59. The van der Waals surface area contributed by atoms with Crippen molar-refractivity contribution < 1.29 is 0 Å². The Balaban J connectivity index is 1.58. The van der Waals surface area contributed by atoms with Crippen LogP contribution >= 0.6 is 11.6 Å². The van der Waals surface area contributed by atoms with E-state index in [9.17, 15) is 0 Å². The van der Waals surface area contributed by atoms with Crippen LogP contribution in [0.2, 0.25) is 5.02 Å². The van der Waals surface area contributed by atoms with Gasteiger partial charge in [-0.1, -0.05) is 41.9 Å². The molecule has 0 aliphatic heterocycles. The molecule has 0 saturated carbocycles. The number of benzene rings is 2. The van der Waals surface area contributed by atoms with Crippen molar-refractivity contribution in [2.45, 2.75) is 25.8 Å². The van der Waals surface area contributed by atoms with Gasteiger partial charge in [0, 0.05) is 28.7 Å². The van der Waals surface area contributed by atoms with Crippen LogP contribution in [0, 0.1) is 0 Å². The minimum Gasteiger partial charge on any atom is -0.347 e. The lowest BCUT2D eigenvalue weighted by molar-refractivity contribution is 0.624. The molecule has 0 radical (unpaired) electrons. The summed E-state index contributed by atoms with van der Waals surface area (Å²) in [7, 11) is 0. The molecule has 1 heterocycles. The molecular formula is C18H18ClN. The molecular weight excluding hydrogens is 266 g/mol. The van der Waals surface area contributed by atoms with Gasteiger partial charge >= 0.3 is 0 Å². The summed E-state index contributed by atoms with van der Waals surface area (Å²) in [6.07, 6.45) is 5.73. The summed E-state index contributed by atoms with van der Waals surface area (Å²) >= 11 is 6.01. The number of hydrogen-bond acceptors (Lipinski definition) is 0. The number of hydrogen-bond donors (Lipinski definition) is 0. The molecule has 102 valence electrons. The van der Waals surface area contributed by atoms with Crippen molar-refractivity contribution >= 4 is 22.5 Å². The zero-order valence-electron chi connectivity index (χ0n) is 11.4. The molecule has 0 spiro atoms. The maximum absolute atomic E-state index is 6.01. The maximum atomic E-state index is 6.01. The van der Waals surface area contributed by atoms with Crippen LogP contribution in [-0.2, 0) is 13.0 Å². The van der Waals surface area contributed by atoms with E-state index in [1.807, 2.05) is 12.1 Å². The first-order valence-electron chi connectivity index (χ1n) is 7.11. The highest BCUT2D eigenvalue weighted by molar-refractivity contribution is 6.31. The van der Waals surface area contributed by atoms with Gasteiger partial charge in [-0.3, -0.25) is 0 Å². The first-order valence-corrected chi connectivity index (χ1v) is 7.49. The second kappa shape index (κ2) is 6.15. The molecule has 0 amide bonds. The highest BCUT2D eigenvalue weighted by atomic mass is 35.5. The van der Waals surface area contributed by atoms with E-state index >= 15 is 0 Å². The first-order chi connectivity index (χ1) is 9.83. The van der Waals surface area contributed by atoms with Gasteiger partial charge in [0.1, 0.15) is 0 Å². The van der Waals surface area contributed by atoms with E-state index in [0.29, 0.717) is 0 Å². The first kappa shape index (κ1) is 13.3. The Morgan fingerprint density at radius 2 is 1.75 bits per heavy atom. The molecule has 0 aliphatic rings. The number of aryl methyl sites for hydroxylation is 2. The smallest absolute Gasteiger partial charge is 0.0481 e. The molecule has 1 nitrogen and oxygen atoms in total. The van der Waals surface area contributed by atoms with Gasteiger partial charge in [0.15, 0.2) is 0 Å². The lowest BCUT2D eigenvalue weighted by Crippen LogP contribution is -1.97. The minimum atomic E-state index is 0.805. The average molecular weight is 284 g/mol. The SMILES string of the molecule is Clc1ccc2c(ccn2CCCCc2ccccc2)c1. The molecule has 0 unspecified atom stereocenters. The van der Waals surface area contributed by atoms with Gasteiger partial charge in [0.2, 0.25) is 0 Å². The minimum absolute atomic E-state index is 0.805. The van der Waals surface area contributed by atoms with Crippen LogP contribution < -0.4 is 0 Å². The molecule has 3 rings (SSSR count). The zero-order chi connectivity index (χ0) is 13.8.